The predicted octanol–water partition coefficient (Wildman–Crippen LogP) is 5.76. The Morgan fingerprint density at radius 2 is 1.32 bits per heavy atom. The zero-order valence-corrected chi connectivity index (χ0v) is 30.1. The van der Waals surface area contributed by atoms with Gasteiger partial charge in [-0.25, -0.2) is 9.59 Å². The lowest BCUT2D eigenvalue weighted by molar-refractivity contribution is -0.134. The molecule has 3 aromatic rings. The Bertz CT molecular complexity index is 1490. The van der Waals surface area contributed by atoms with E-state index in [1.165, 1.54) is 4.90 Å². The Hall–Kier alpha value is -4.70. The lowest BCUT2D eigenvalue weighted by Crippen LogP contribution is -2.54. The summed E-state index contributed by atoms with van der Waals surface area (Å²) in [6, 6.07) is 26.5. The third-order valence-corrected chi connectivity index (χ3v) is 8.19. The van der Waals surface area contributed by atoms with E-state index in [0.29, 0.717) is 19.4 Å². The van der Waals surface area contributed by atoms with Crippen LogP contribution in [0.1, 0.15) is 64.2 Å². The number of nitrogens with zero attached hydrogens (tertiary/aromatic N) is 2. The van der Waals surface area contributed by atoms with Crippen LogP contribution in [0.15, 0.2) is 91.0 Å². The number of ether oxygens (including phenoxy) is 1. The highest BCUT2D eigenvalue weighted by molar-refractivity contribution is 5.97. The molecule has 0 fully saturated rings. The summed E-state index contributed by atoms with van der Waals surface area (Å²) in [5, 5.41) is 14.2. The van der Waals surface area contributed by atoms with E-state index in [9.17, 15) is 24.3 Å². The van der Waals surface area contributed by atoms with E-state index in [2.05, 4.69) is 5.32 Å². The molecule has 50 heavy (non-hydrogen) atoms. The van der Waals surface area contributed by atoms with Crippen molar-refractivity contribution in [2.75, 3.05) is 19.6 Å². The molecule has 0 radical (unpaired) electrons. The zero-order valence-electron chi connectivity index (χ0n) is 30.1. The molecule has 3 atom stereocenters. The molecule has 10 heteroatoms. The Morgan fingerprint density at radius 1 is 0.800 bits per heavy atom. The van der Waals surface area contributed by atoms with E-state index in [-0.39, 0.29) is 38.3 Å². The summed E-state index contributed by atoms with van der Waals surface area (Å²) < 4.78 is 5.67. The highest BCUT2D eigenvalue weighted by Gasteiger charge is 2.34. The van der Waals surface area contributed by atoms with Gasteiger partial charge in [-0.1, -0.05) is 105 Å². The van der Waals surface area contributed by atoms with Gasteiger partial charge in [-0.2, -0.15) is 0 Å². The molecule has 0 spiro atoms. The van der Waals surface area contributed by atoms with Crippen LogP contribution in [0.5, 0.6) is 0 Å². The molecule has 0 heterocycles. The molecule has 3 aromatic carbocycles. The van der Waals surface area contributed by atoms with Crippen LogP contribution in [0.3, 0.4) is 0 Å². The van der Waals surface area contributed by atoms with Crippen LogP contribution >= 0.6 is 0 Å². The van der Waals surface area contributed by atoms with Crippen molar-refractivity contribution in [3.05, 3.63) is 108 Å². The fourth-order valence-electron chi connectivity index (χ4n) is 5.54. The number of hydrogen-bond acceptors (Lipinski definition) is 6. The maximum Gasteiger partial charge on any atom is 0.410 e. The van der Waals surface area contributed by atoms with E-state index in [1.807, 2.05) is 105 Å². The van der Waals surface area contributed by atoms with Crippen molar-refractivity contribution in [3.63, 3.8) is 0 Å². The standard InChI is InChI=1S/C40H54N4O6/c1-29(2)21-24-44(38(48)42-35(36(41)46)26-32-19-13-8-14-20-32)37(47)33(25-31-17-11-7-12-18-31)27-34(45)28-43(39(49)50-40(3,4)5)23-22-30-15-9-6-10-16-30/h6-20,29,33-35,45H,21-28H2,1-5H3,(H2,41,46)(H,42,48)/t33-,34-,35+/m1/s1. The minimum absolute atomic E-state index is 0.0207. The lowest BCUT2D eigenvalue weighted by Gasteiger charge is -2.31. The van der Waals surface area contributed by atoms with Crippen molar-refractivity contribution in [3.8, 4) is 0 Å². The molecule has 10 nitrogen and oxygen atoms in total. The molecule has 5 amide bonds. The Kier molecular flexibility index (Phi) is 15.5. The molecule has 0 aliphatic rings. The van der Waals surface area contributed by atoms with Gasteiger partial charge in [0.1, 0.15) is 11.6 Å². The SMILES string of the molecule is CC(C)CCN(C(=O)N[C@@H](Cc1ccccc1)C(N)=O)C(=O)[C@H](Cc1ccccc1)C[C@@H](O)CN(CCc1ccccc1)C(=O)OC(C)(C)C. The van der Waals surface area contributed by atoms with Gasteiger partial charge in [-0.05, 0) is 69.1 Å². The number of rotatable bonds is 17. The first-order chi connectivity index (χ1) is 23.7. The predicted molar refractivity (Wildman–Crippen MR) is 195 cm³/mol. The maximum atomic E-state index is 14.4. The number of imide groups is 1. The van der Waals surface area contributed by atoms with Gasteiger partial charge in [0.15, 0.2) is 0 Å². The minimum atomic E-state index is -1.11. The van der Waals surface area contributed by atoms with E-state index in [0.717, 1.165) is 21.6 Å². The van der Waals surface area contributed by atoms with E-state index in [4.69, 9.17) is 10.5 Å². The van der Waals surface area contributed by atoms with Gasteiger partial charge >= 0.3 is 12.1 Å². The highest BCUT2D eigenvalue weighted by atomic mass is 16.6. The van der Waals surface area contributed by atoms with Gasteiger partial charge in [0, 0.05) is 32.0 Å². The first-order valence-electron chi connectivity index (χ1n) is 17.4. The molecular formula is C40H54N4O6. The summed E-state index contributed by atoms with van der Waals surface area (Å²) in [6.45, 7) is 9.68. The maximum absolute atomic E-state index is 14.4. The third-order valence-electron chi connectivity index (χ3n) is 8.19. The summed E-state index contributed by atoms with van der Waals surface area (Å²) in [5.41, 5.74) is 7.65. The molecule has 4 N–H and O–H groups in total. The molecule has 270 valence electrons. The fraction of sp³-hybridized carbons (Fsp3) is 0.450. The number of hydrogen-bond donors (Lipinski definition) is 3. The Balaban J connectivity index is 1.86. The van der Waals surface area contributed by atoms with Crippen molar-refractivity contribution < 1.29 is 29.0 Å². The quantitative estimate of drug-likeness (QED) is 0.165. The molecular weight excluding hydrogens is 632 g/mol. The van der Waals surface area contributed by atoms with Crippen molar-refractivity contribution in [1.82, 2.24) is 15.1 Å². The lowest BCUT2D eigenvalue weighted by atomic mass is 9.91. The minimum Gasteiger partial charge on any atom is -0.444 e. The zero-order chi connectivity index (χ0) is 36.7. The van der Waals surface area contributed by atoms with E-state index < -0.39 is 47.6 Å². The van der Waals surface area contributed by atoms with Crippen LogP contribution in [0.2, 0.25) is 0 Å². The summed E-state index contributed by atoms with van der Waals surface area (Å²) in [6.07, 6.45) is -0.189. The number of nitrogens with one attached hydrogen (secondary N) is 1. The number of primary amides is 1. The molecule has 0 unspecified atom stereocenters. The molecule has 3 rings (SSSR count). The normalized spacial score (nSPS) is 13.2. The van der Waals surface area contributed by atoms with Crippen LogP contribution in [0, 0.1) is 11.8 Å². The van der Waals surface area contributed by atoms with Crippen LogP contribution in [0.25, 0.3) is 0 Å². The van der Waals surface area contributed by atoms with Crippen LogP contribution in [-0.4, -0.2) is 76.2 Å². The summed E-state index contributed by atoms with van der Waals surface area (Å²) in [7, 11) is 0. The molecule has 0 aliphatic heterocycles. The van der Waals surface area contributed by atoms with Crippen molar-refractivity contribution in [2.45, 2.75) is 84.5 Å². The average Bonchev–Trinajstić information content (AvgIpc) is 3.06. The van der Waals surface area contributed by atoms with Gasteiger partial charge in [0.25, 0.3) is 0 Å². The monoisotopic (exact) mass is 686 g/mol. The van der Waals surface area contributed by atoms with Crippen LogP contribution in [-0.2, 0) is 33.6 Å². The van der Waals surface area contributed by atoms with Crippen molar-refractivity contribution >= 4 is 23.9 Å². The number of amides is 5. The summed E-state index contributed by atoms with van der Waals surface area (Å²) >= 11 is 0. The van der Waals surface area contributed by atoms with Gasteiger partial charge in [-0.15, -0.1) is 0 Å². The number of benzene rings is 3. The Labute approximate surface area is 297 Å². The summed E-state index contributed by atoms with van der Waals surface area (Å²) in [5.74, 6) is -1.84. The van der Waals surface area contributed by atoms with Gasteiger partial charge in [0.2, 0.25) is 11.8 Å². The second-order valence-electron chi connectivity index (χ2n) is 14.2. The molecule has 0 saturated heterocycles. The van der Waals surface area contributed by atoms with Gasteiger partial charge in [0.05, 0.1) is 6.10 Å². The molecule has 0 saturated carbocycles. The Morgan fingerprint density at radius 3 is 1.82 bits per heavy atom. The van der Waals surface area contributed by atoms with Gasteiger partial charge in [-0.3, -0.25) is 14.5 Å². The van der Waals surface area contributed by atoms with Crippen LogP contribution < -0.4 is 11.1 Å². The first-order valence-corrected chi connectivity index (χ1v) is 17.4. The number of nitrogens with two attached hydrogens (primary N) is 1. The number of aliphatic hydroxyl groups is 1. The molecule has 0 bridgehead atoms. The smallest absolute Gasteiger partial charge is 0.410 e. The summed E-state index contributed by atoms with van der Waals surface area (Å²) in [4.78, 5) is 56.6. The topological polar surface area (TPSA) is 142 Å². The number of urea groups is 1. The largest absolute Gasteiger partial charge is 0.444 e. The fourth-order valence-corrected chi connectivity index (χ4v) is 5.54. The molecule has 0 aromatic heterocycles. The third kappa shape index (κ3) is 14.0. The number of carbonyl (C=O) groups is 4. The number of carbonyl (C=O) groups excluding carboxylic acids is 4. The first kappa shape index (κ1) is 39.7. The second kappa shape index (κ2) is 19.5. The highest BCUT2D eigenvalue weighted by Crippen LogP contribution is 2.21. The van der Waals surface area contributed by atoms with E-state index >= 15 is 0 Å². The van der Waals surface area contributed by atoms with E-state index in [1.54, 1.807) is 20.8 Å². The van der Waals surface area contributed by atoms with Crippen molar-refractivity contribution in [1.29, 1.82) is 0 Å². The van der Waals surface area contributed by atoms with Gasteiger partial charge < -0.3 is 25.8 Å². The second-order valence-corrected chi connectivity index (χ2v) is 14.2. The number of aliphatic hydroxyl groups excluding tert-OH is 1. The average molecular weight is 687 g/mol. The molecule has 0 aliphatic carbocycles. The van der Waals surface area contributed by atoms with Crippen LogP contribution in [0.4, 0.5) is 9.59 Å². The van der Waals surface area contributed by atoms with Crippen molar-refractivity contribution in [2.24, 2.45) is 17.6 Å².